The summed E-state index contributed by atoms with van der Waals surface area (Å²) in [6, 6.07) is 5.40. The van der Waals surface area contributed by atoms with Crippen molar-refractivity contribution in [3.8, 4) is 0 Å². The standard InChI is InChI=1S/C12H13ClF2O/c1-8-3-4-9(2)10(7-8)11(16)5-6-12(13,14)15/h3-4,7H,5-6H2,1-2H3. The van der Waals surface area contributed by atoms with E-state index in [0.29, 0.717) is 5.56 Å². The van der Waals surface area contributed by atoms with Gasteiger partial charge in [0.1, 0.15) is 0 Å². The number of rotatable bonds is 4. The van der Waals surface area contributed by atoms with Crippen molar-refractivity contribution in [2.45, 2.75) is 32.1 Å². The van der Waals surface area contributed by atoms with Gasteiger partial charge in [0.25, 0.3) is 0 Å². The molecular formula is C12H13ClF2O. The van der Waals surface area contributed by atoms with Crippen LogP contribution >= 0.6 is 11.6 Å². The van der Waals surface area contributed by atoms with Gasteiger partial charge >= 0.3 is 5.38 Å². The number of Topliss-reactive ketones (excluding diaryl/α,β-unsaturated/α-hetero) is 1. The average molecular weight is 247 g/mol. The largest absolute Gasteiger partial charge is 0.322 e. The number of hydrogen-bond acceptors (Lipinski definition) is 1. The monoisotopic (exact) mass is 246 g/mol. The van der Waals surface area contributed by atoms with Crippen molar-refractivity contribution in [2.75, 3.05) is 0 Å². The Balaban J connectivity index is 2.77. The fraction of sp³-hybridized carbons (Fsp3) is 0.417. The molecule has 0 radical (unpaired) electrons. The average Bonchev–Trinajstić information content (AvgIpc) is 2.17. The Morgan fingerprint density at radius 2 is 2.00 bits per heavy atom. The highest BCUT2D eigenvalue weighted by Crippen LogP contribution is 2.26. The number of hydrogen-bond donors (Lipinski definition) is 0. The zero-order chi connectivity index (χ0) is 12.3. The minimum absolute atomic E-state index is 0.235. The SMILES string of the molecule is Cc1ccc(C)c(C(=O)CCC(F)(F)Cl)c1. The van der Waals surface area contributed by atoms with E-state index in [9.17, 15) is 13.6 Å². The van der Waals surface area contributed by atoms with Gasteiger partial charge in [-0.3, -0.25) is 4.79 Å². The third-order valence-corrected chi connectivity index (χ3v) is 2.52. The van der Waals surface area contributed by atoms with E-state index in [4.69, 9.17) is 11.6 Å². The van der Waals surface area contributed by atoms with Gasteiger partial charge in [-0.15, -0.1) is 0 Å². The van der Waals surface area contributed by atoms with E-state index in [2.05, 4.69) is 0 Å². The number of aryl methyl sites for hydroxylation is 2. The summed E-state index contributed by atoms with van der Waals surface area (Å²) >= 11 is 4.75. The third-order valence-electron chi connectivity index (χ3n) is 2.33. The van der Waals surface area contributed by atoms with Crippen LogP contribution in [0.1, 0.15) is 34.3 Å². The summed E-state index contributed by atoms with van der Waals surface area (Å²) in [5, 5.41) is -3.30. The maximum atomic E-state index is 12.4. The fourth-order valence-electron chi connectivity index (χ4n) is 1.43. The van der Waals surface area contributed by atoms with Gasteiger partial charge in [-0.1, -0.05) is 17.7 Å². The molecule has 4 heteroatoms. The second-order valence-corrected chi connectivity index (χ2v) is 4.41. The molecule has 1 aromatic rings. The highest BCUT2D eigenvalue weighted by molar-refractivity contribution is 6.21. The number of alkyl halides is 3. The molecule has 0 saturated carbocycles. The van der Waals surface area contributed by atoms with Crippen LogP contribution in [0, 0.1) is 13.8 Å². The first-order chi connectivity index (χ1) is 7.29. The molecule has 0 aromatic heterocycles. The number of ketones is 1. The zero-order valence-electron chi connectivity index (χ0n) is 9.19. The van der Waals surface area contributed by atoms with Gasteiger partial charge in [-0.25, -0.2) is 0 Å². The van der Waals surface area contributed by atoms with Crippen molar-refractivity contribution in [1.82, 2.24) is 0 Å². The lowest BCUT2D eigenvalue weighted by Crippen LogP contribution is -2.10. The lowest BCUT2D eigenvalue weighted by atomic mass is 9.99. The molecule has 0 bridgehead atoms. The van der Waals surface area contributed by atoms with Gasteiger partial charge in [0.15, 0.2) is 5.78 Å². The Morgan fingerprint density at radius 3 is 2.56 bits per heavy atom. The lowest BCUT2D eigenvalue weighted by molar-refractivity contribution is 0.0734. The summed E-state index contributed by atoms with van der Waals surface area (Å²) in [5.41, 5.74) is 2.24. The van der Waals surface area contributed by atoms with Crippen LogP contribution in [0.25, 0.3) is 0 Å². The first kappa shape index (κ1) is 13.1. The molecule has 0 N–H and O–H groups in total. The number of carbonyl (C=O) groups is 1. The van der Waals surface area contributed by atoms with Crippen LogP contribution in [0.5, 0.6) is 0 Å². The Hall–Kier alpha value is -0.960. The summed E-state index contributed by atoms with van der Waals surface area (Å²) < 4.78 is 24.8. The van der Waals surface area contributed by atoms with Crippen molar-refractivity contribution in [3.63, 3.8) is 0 Å². The second-order valence-electron chi connectivity index (χ2n) is 3.86. The molecule has 0 heterocycles. The molecule has 0 aliphatic heterocycles. The maximum Gasteiger partial charge on any atom is 0.322 e. The Kier molecular flexibility index (Phi) is 4.03. The van der Waals surface area contributed by atoms with Crippen LogP contribution in [0.15, 0.2) is 18.2 Å². The molecule has 0 amide bonds. The molecule has 88 valence electrons. The van der Waals surface area contributed by atoms with Gasteiger partial charge in [-0.05, 0) is 37.1 Å². The van der Waals surface area contributed by atoms with E-state index in [0.717, 1.165) is 11.1 Å². The van der Waals surface area contributed by atoms with Crippen molar-refractivity contribution >= 4 is 17.4 Å². The number of halogens is 3. The van der Waals surface area contributed by atoms with Crippen molar-refractivity contribution in [2.24, 2.45) is 0 Å². The molecule has 0 spiro atoms. The van der Waals surface area contributed by atoms with Crippen molar-refractivity contribution in [1.29, 1.82) is 0 Å². The minimum Gasteiger partial charge on any atom is -0.294 e. The molecule has 16 heavy (non-hydrogen) atoms. The van der Waals surface area contributed by atoms with Crippen LogP contribution in [-0.2, 0) is 0 Å². The normalized spacial score (nSPS) is 11.6. The van der Waals surface area contributed by atoms with Gasteiger partial charge in [0.2, 0.25) is 0 Å². The molecule has 1 aromatic carbocycles. The Labute approximate surface area is 98.4 Å². The van der Waals surface area contributed by atoms with E-state index >= 15 is 0 Å². The molecule has 1 rings (SSSR count). The summed E-state index contributed by atoms with van der Waals surface area (Å²) in [7, 11) is 0. The summed E-state index contributed by atoms with van der Waals surface area (Å²) in [5.74, 6) is -0.290. The molecule has 0 aliphatic carbocycles. The first-order valence-corrected chi connectivity index (χ1v) is 5.34. The van der Waals surface area contributed by atoms with Crippen molar-refractivity contribution < 1.29 is 13.6 Å². The Bertz CT molecular complexity index is 396. The van der Waals surface area contributed by atoms with Gasteiger partial charge < -0.3 is 0 Å². The van der Waals surface area contributed by atoms with E-state index in [1.807, 2.05) is 13.0 Å². The zero-order valence-corrected chi connectivity index (χ0v) is 9.94. The maximum absolute atomic E-state index is 12.4. The topological polar surface area (TPSA) is 17.1 Å². The van der Waals surface area contributed by atoms with Crippen LogP contribution in [0.2, 0.25) is 0 Å². The second kappa shape index (κ2) is 4.91. The van der Waals surface area contributed by atoms with E-state index < -0.39 is 11.8 Å². The number of carbonyl (C=O) groups excluding carboxylic acids is 1. The number of benzene rings is 1. The summed E-state index contributed by atoms with van der Waals surface area (Å²) in [4.78, 5) is 11.7. The van der Waals surface area contributed by atoms with Crippen molar-refractivity contribution in [3.05, 3.63) is 34.9 Å². The highest BCUT2D eigenvalue weighted by atomic mass is 35.5. The third kappa shape index (κ3) is 3.89. The smallest absolute Gasteiger partial charge is 0.294 e. The van der Waals surface area contributed by atoms with Gasteiger partial charge in [-0.2, -0.15) is 8.78 Å². The van der Waals surface area contributed by atoms with Gasteiger partial charge in [0.05, 0.1) is 0 Å². The molecule has 1 nitrogen and oxygen atoms in total. The highest BCUT2D eigenvalue weighted by Gasteiger charge is 2.26. The predicted molar refractivity (Wildman–Crippen MR) is 60.3 cm³/mol. The van der Waals surface area contributed by atoms with E-state index in [1.54, 1.807) is 19.1 Å². The first-order valence-electron chi connectivity index (χ1n) is 4.97. The van der Waals surface area contributed by atoms with Crippen LogP contribution in [0.3, 0.4) is 0 Å². The summed E-state index contributed by atoms with van der Waals surface area (Å²) in [6.07, 6.45) is -0.860. The predicted octanol–water partition coefficient (Wildman–Crippen LogP) is 4.10. The van der Waals surface area contributed by atoms with E-state index in [1.165, 1.54) is 0 Å². The fourth-order valence-corrected chi connectivity index (χ4v) is 1.52. The van der Waals surface area contributed by atoms with Gasteiger partial charge in [0, 0.05) is 18.4 Å². The van der Waals surface area contributed by atoms with Crippen LogP contribution in [0.4, 0.5) is 8.78 Å². The molecule has 0 atom stereocenters. The quantitative estimate of drug-likeness (QED) is 0.578. The molecule has 0 fully saturated rings. The molecule has 0 unspecified atom stereocenters. The molecule has 0 saturated heterocycles. The van der Waals surface area contributed by atoms with E-state index in [-0.39, 0.29) is 12.2 Å². The molecular weight excluding hydrogens is 234 g/mol. The molecule has 0 aliphatic rings. The van der Waals surface area contributed by atoms with Crippen LogP contribution < -0.4 is 0 Å². The Morgan fingerprint density at radius 1 is 1.38 bits per heavy atom. The minimum atomic E-state index is -3.30. The summed E-state index contributed by atoms with van der Waals surface area (Å²) in [6.45, 7) is 3.64. The lowest BCUT2D eigenvalue weighted by Gasteiger charge is -2.08. The van der Waals surface area contributed by atoms with Crippen LogP contribution in [-0.4, -0.2) is 11.2 Å².